The zero-order chi connectivity index (χ0) is 14.0. The Morgan fingerprint density at radius 2 is 2.26 bits per heavy atom. The van der Waals surface area contributed by atoms with Crippen LogP contribution in [0.5, 0.6) is 5.75 Å². The van der Waals surface area contributed by atoms with E-state index < -0.39 is 11.4 Å². The van der Waals surface area contributed by atoms with E-state index in [2.05, 4.69) is 5.32 Å². The van der Waals surface area contributed by atoms with Gasteiger partial charge in [0.25, 0.3) is 5.91 Å². The molecule has 1 amide bonds. The molecular formula is C14H18FNO3. The molecule has 1 aliphatic rings. The number of carbonyl (C=O) groups excluding carboxylic acids is 1. The average molecular weight is 267 g/mol. The molecule has 19 heavy (non-hydrogen) atoms. The third kappa shape index (κ3) is 2.87. The number of halogens is 1. The molecule has 0 aliphatic heterocycles. The molecule has 104 valence electrons. The molecule has 1 fully saturated rings. The zero-order valence-electron chi connectivity index (χ0n) is 11.1. The summed E-state index contributed by atoms with van der Waals surface area (Å²) in [5.41, 5.74) is -0.411. The van der Waals surface area contributed by atoms with Crippen molar-refractivity contribution >= 4 is 5.91 Å². The Balaban J connectivity index is 2.13. The number of hydrogen-bond donors (Lipinski definition) is 2. The van der Waals surface area contributed by atoms with Crippen LogP contribution >= 0.6 is 0 Å². The maximum Gasteiger partial charge on any atom is 0.251 e. The minimum Gasteiger partial charge on any atom is -0.494 e. The van der Waals surface area contributed by atoms with Crippen LogP contribution in [0.2, 0.25) is 0 Å². The first-order chi connectivity index (χ1) is 9.00. The fraction of sp³-hybridized carbons (Fsp3) is 0.500. The van der Waals surface area contributed by atoms with Gasteiger partial charge >= 0.3 is 0 Å². The van der Waals surface area contributed by atoms with E-state index >= 15 is 0 Å². The molecule has 1 aromatic rings. The summed E-state index contributed by atoms with van der Waals surface area (Å²) in [6.07, 6.45) is 1.99. The van der Waals surface area contributed by atoms with Crippen molar-refractivity contribution in [3.8, 4) is 5.75 Å². The zero-order valence-corrected chi connectivity index (χ0v) is 11.1. The van der Waals surface area contributed by atoms with Gasteiger partial charge in [0.1, 0.15) is 0 Å². The predicted molar refractivity (Wildman–Crippen MR) is 68.6 cm³/mol. The van der Waals surface area contributed by atoms with Crippen molar-refractivity contribution in [3.05, 3.63) is 29.6 Å². The number of amides is 1. The van der Waals surface area contributed by atoms with Crippen molar-refractivity contribution in [2.75, 3.05) is 13.7 Å². The predicted octanol–water partition coefficient (Wildman–Crippen LogP) is 1.73. The maximum absolute atomic E-state index is 13.5. The molecule has 0 aromatic heterocycles. The van der Waals surface area contributed by atoms with Crippen LogP contribution in [-0.2, 0) is 0 Å². The number of nitrogens with one attached hydrogen (secondary N) is 1. The standard InChI is InChI=1S/C14H18FNO3/c1-14(8-17,10-4-5-10)16-13(18)9-3-6-12(19-2)11(15)7-9/h3,6-7,10,17H,4-5,8H2,1-2H3,(H,16,18). The van der Waals surface area contributed by atoms with Gasteiger partial charge in [0, 0.05) is 5.56 Å². The highest BCUT2D eigenvalue weighted by molar-refractivity contribution is 5.94. The van der Waals surface area contributed by atoms with Crippen LogP contribution in [0.1, 0.15) is 30.1 Å². The largest absolute Gasteiger partial charge is 0.494 e. The summed E-state index contributed by atoms with van der Waals surface area (Å²) in [5, 5.41) is 12.2. The monoisotopic (exact) mass is 267 g/mol. The van der Waals surface area contributed by atoms with E-state index in [0.717, 1.165) is 18.9 Å². The Bertz CT molecular complexity index is 488. The Morgan fingerprint density at radius 3 is 2.74 bits per heavy atom. The number of benzene rings is 1. The number of hydrogen-bond acceptors (Lipinski definition) is 3. The molecule has 0 heterocycles. The average Bonchev–Trinajstić information content (AvgIpc) is 3.23. The lowest BCUT2D eigenvalue weighted by atomic mass is 9.96. The van der Waals surface area contributed by atoms with Crippen molar-refractivity contribution in [1.82, 2.24) is 5.32 Å². The highest BCUT2D eigenvalue weighted by atomic mass is 19.1. The lowest BCUT2D eigenvalue weighted by Crippen LogP contribution is -2.50. The number of aliphatic hydroxyl groups is 1. The fourth-order valence-electron chi connectivity index (χ4n) is 2.13. The van der Waals surface area contributed by atoms with Gasteiger partial charge in [0.15, 0.2) is 11.6 Å². The second-order valence-electron chi connectivity index (χ2n) is 5.15. The van der Waals surface area contributed by atoms with Crippen molar-refractivity contribution < 1.29 is 19.0 Å². The molecule has 2 N–H and O–H groups in total. The van der Waals surface area contributed by atoms with Crippen LogP contribution in [0.25, 0.3) is 0 Å². The summed E-state index contributed by atoms with van der Waals surface area (Å²) < 4.78 is 18.3. The summed E-state index contributed by atoms with van der Waals surface area (Å²) >= 11 is 0. The quantitative estimate of drug-likeness (QED) is 0.854. The van der Waals surface area contributed by atoms with Crippen molar-refractivity contribution in [3.63, 3.8) is 0 Å². The lowest BCUT2D eigenvalue weighted by Gasteiger charge is -2.28. The van der Waals surface area contributed by atoms with Gasteiger partial charge in [-0.3, -0.25) is 4.79 Å². The van der Waals surface area contributed by atoms with Gasteiger partial charge < -0.3 is 15.2 Å². The topological polar surface area (TPSA) is 58.6 Å². The molecule has 5 heteroatoms. The number of rotatable bonds is 5. The highest BCUT2D eigenvalue weighted by Gasteiger charge is 2.42. The number of aliphatic hydroxyl groups excluding tert-OH is 1. The summed E-state index contributed by atoms with van der Waals surface area (Å²) in [5.74, 6) is -0.564. The molecule has 1 unspecified atom stereocenters. The van der Waals surface area contributed by atoms with Gasteiger partial charge in [-0.1, -0.05) is 0 Å². The summed E-state index contributed by atoms with van der Waals surface area (Å²) in [6.45, 7) is 1.69. The molecule has 0 radical (unpaired) electrons. The van der Waals surface area contributed by atoms with E-state index in [9.17, 15) is 14.3 Å². The Hall–Kier alpha value is -1.62. The molecule has 1 atom stereocenters. The van der Waals surface area contributed by atoms with Crippen LogP contribution in [0.4, 0.5) is 4.39 Å². The summed E-state index contributed by atoms with van der Waals surface area (Å²) in [7, 11) is 1.37. The van der Waals surface area contributed by atoms with Gasteiger partial charge in [-0.2, -0.15) is 0 Å². The van der Waals surface area contributed by atoms with E-state index in [0.29, 0.717) is 5.92 Å². The first-order valence-corrected chi connectivity index (χ1v) is 6.27. The summed E-state index contributed by atoms with van der Waals surface area (Å²) in [4.78, 5) is 12.1. The third-order valence-electron chi connectivity index (χ3n) is 3.62. The molecule has 0 saturated heterocycles. The molecule has 1 aliphatic carbocycles. The Kier molecular flexibility index (Phi) is 3.75. The van der Waals surface area contributed by atoms with Crippen LogP contribution in [0, 0.1) is 11.7 Å². The van der Waals surface area contributed by atoms with E-state index in [4.69, 9.17) is 4.74 Å². The third-order valence-corrected chi connectivity index (χ3v) is 3.62. The SMILES string of the molecule is COc1ccc(C(=O)NC(C)(CO)C2CC2)cc1F. The first-order valence-electron chi connectivity index (χ1n) is 6.27. The number of ether oxygens (including phenoxy) is 1. The number of methoxy groups -OCH3 is 1. The smallest absolute Gasteiger partial charge is 0.251 e. The van der Waals surface area contributed by atoms with Crippen LogP contribution in [-0.4, -0.2) is 30.3 Å². The van der Waals surface area contributed by atoms with Crippen molar-refractivity contribution in [1.29, 1.82) is 0 Å². The first kappa shape index (κ1) is 13.8. The molecule has 0 bridgehead atoms. The van der Waals surface area contributed by atoms with Crippen molar-refractivity contribution in [2.24, 2.45) is 5.92 Å². The van der Waals surface area contributed by atoms with Gasteiger partial charge in [-0.05, 0) is 43.9 Å². The molecule has 4 nitrogen and oxygen atoms in total. The van der Waals surface area contributed by atoms with Crippen LogP contribution in [0.15, 0.2) is 18.2 Å². The normalized spacial score (nSPS) is 17.7. The van der Waals surface area contributed by atoms with E-state index in [1.54, 1.807) is 0 Å². The number of carbonyl (C=O) groups is 1. The highest BCUT2D eigenvalue weighted by Crippen LogP contribution is 2.39. The second kappa shape index (κ2) is 5.17. The summed E-state index contributed by atoms with van der Waals surface area (Å²) in [6, 6.07) is 4.05. The lowest BCUT2D eigenvalue weighted by molar-refractivity contribution is 0.0824. The van der Waals surface area contributed by atoms with Crippen molar-refractivity contribution in [2.45, 2.75) is 25.3 Å². The minimum atomic E-state index is -0.631. The van der Waals surface area contributed by atoms with Gasteiger partial charge in [-0.15, -0.1) is 0 Å². The minimum absolute atomic E-state index is 0.101. The molecular weight excluding hydrogens is 249 g/mol. The van der Waals surface area contributed by atoms with E-state index in [1.165, 1.54) is 19.2 Å². The van der Waals surface area contributed by atoms with E-state index in [1.807, 2.05) is 6.92 Å². The Morgan fingerprint density at radius 1 is 1.58 bits per heavy atom. The molecule has 1 saturated carbocycles. The maximum atomic E-state index is 13.5. The van der Waals surface area contributed by atoms with Gasteiger partial charge in [0.05, 0.1) is 19.3 Å². The van der Waals surface area contributed by atoms with E-state index in [-0.39, 0.29) is 23.8 Å². The van der Waals surface area contributed by atoms with Gasteiger partial charge in [0.2, 0.25) is 0 Å². The molecule has 0 spiro atoms. The van der Waals surface area contributed by atoms with Gasteiger partial charge in [-0.25, -0.2) is 4.39 Å². The Labute approximate surface area is 111 Å². The fourth-order valence-corrected chi connectivity index (χ4v) is 2.13. The molecule has 2 rings (SSSR count). The van der Waals surface area contributed by atoms with Crippen LogP contribution < -0.4 is 10.1 Å². The second-order valence-corrected chi connectivity index (χ2v) is 5.15. The molecule has 1 aromatic carbocycles. The van der Waals surface area contributed by atoms with Crippen LogP contribution in [0.3, 0.4) is 0 Å².